The molecule has 0 bridgehead atoms. The summed E-state index contributed by atoms with van der Waals surface area (Å²) in [7, 11) is -3.97. The number of carbonyl (C=O) groups excluding carboxylic acids is 1. The molecule has 0 aliphatic heterocycles. The summed E-state index contributed by atoms with van der Waals surface area (Å²) in [4.78, 5) is 12.7. The highest BCUT2D eigenvalue weighted by molar-refractivity contribution is 7.90. The van der Waals surface area contributed by atoms with Crippen molar-refractivity contribution in [1.29, 1.82) is 0 Å². The minimum absolute atomic E-state index is 0.0331. The molecule has 6 nitrogen and oxygen atoms in total. The lowest BCUT2D eigenvalue weighted by molar-refractivity contribution is 0.111. The molecule has 0 fully saturated rings. The zero-order chi connectivity index (χ0) is 29.4. The number of benzene rings is 4. The summed E-state index contributed by atoms with van der Waals surface area (Å²) < 4.78 is 39.6. The van der Waals surface area contributed by atoms with Crippen LogP contribution < -0.4 is 10.6 Å². The van der Waals surface area contributed by atoms with Gasteiger partial charge in [-0.25, -0.2) is 12.4 Å². The number of hydrogen-bond acceptors (Lipinski definition) is 5. The van der Waals surface area contributed by atoms with E-state index < -0.39 is 18.2 Å². The SMILES string of the molecule is CCOC.CCOP(c1cccc(-c2ccccc2)c1)c1c(C=O)n(S(=O)(=O)c2ccccc2)c2ccc(Cl)cc12. The molecule has 5 aromatic rings. The Kier molecular flexibility index (Phi) is 10.5. The van der Waals surface area contributed by atoms with Gasteiger partial charge in [0.25, 0.3) is 10.0 Å². The molecule has 0 amide bonds. The summed E-state index contributed by atoms with van der Waals surface area (Å²) >= 11 is 6.38. The van der Waals surface area contributed by atoms with Gasteiger partial charge in [-0.15, -0.1) is 0 Å². The van der Waals surface area contributed by atoms with Crippen LogP contribution in [0.5, 0.6) is 0 Å². The van der Waals surface area contributed by atoms with Crippen LogP contribution in [0.15, 0.2) is 108 Å². The fourth-order valence-corrected chi connectivity index (χ4v) is 8.15. The topological polar surface area (TPSA) is 74.6 Å². The Labute approximate surface area is 247 Å². The summed E-state index contributed by atoms with van der Waals surface area (Å²) in [6.07, 6.45) is 0.596. The number of aldehydes is 1. The third kappa shape index (κ3) is 6.61. The fraction of sp³-hybridized carbons (Fsp3) is 0.156. The highest BCUT2D eigenvalue weighted by atomic mass is 35.5. The van der Waals surface area contributed by atoms with Crippen LogP contribution in [0.1, 0.15) is 24.3 Å². The highest BCUT2D eigenvalue weighted by Crippen LogP contribution is 2.42. The van der Waals surface area contributed by atoms with Gasteiger partial charge in [0.1, 0.15) is 5.69 Å². The van der Waals surface area contributed by atoms with Gasteiger partial charge >= 0.3 is 0 Å². The maximum absolute atomic E-state index is 13.8. The Bertz CT molecular complexity index is 1720. The second-order valence-electron chi connectivity index (χ2n) is 8.80. The monoisotopic (exact) mass is 607 g/mol. The Morgan fingerprint density at radius 3 is 2.07 bits per heavy atom. The summed E-state index contributed by atoms with van der Waals surface area (Å²) in [5, 5.41) is 2.38. The average Bonchev–Trinajstić information content (AvgIpc) is 3.34. The molecule has 0 radical (unpaired) electrons. The van der Waals surface area contributed by atoms with Crippen LogP contribution in [0.3, 0.4) is 0 Å². The fourth-order valence-electron chi connectivity index (χ4n) is 4.35. The molecule has 1 atom stereocenters. The van der Waals surface area contributed by atoms with Gasteiger partial charge in [0.05, 0.1) is 18.6 Å². The molecule has 1 heterocycles. The van der Waals surface area contributed by atoms with Crippen LogP contribution in [-0.4, -0.2) is 39.0 Å². The standard InChI is InChI=1S/C29H23ClNO4PS.C3H8O/c1-2-35-36(24-13-9-12-22(18-24)21-10-5-3-6-11-21)29-26-19-23(30)16-17-27(26)31(28(29)20-32)37(33,34)25-14-7-4-8-15-25;1-3-4-2/h3-20H,2H2,1H3;3H2,1-2H3. The lowest BCUT2D eigenvalue weighted by atomic mass is 10.1. The average molecular weight is 608 g/mol. The molecule has 1 aromatic heterocycles. The molecule has 0 aliphatic carbocycles. The lowest BCUT2D eigenvalue weighted by Gasteiger charge is -2.19. The summed E-state index contributed by atoms with van der Waals surface area (Å²) in [5.41, 5.74) is 2.45. The van der Waals surface area contributed by atoms with Crippen molar-refractivity contribution in [2.75, 3.05) is 20.3 Å². The number of ether oxygens (including phenoxy) is 1. The van der Waals surface area contributed by atoms with E-state index in [-0.39, 0.29) is 10.6 Å². The van der Waals surface area contributed by atoms with Gasteiger partial charge in [0.2, 0.25) is 0 Å². The Morgan fingerprint density at radius 2 is 1.46 bits per heavy atom. The normalized spacial score (nSPS) is 12.0. The minimum atomic E-state index is -4.08. The largest absolute Gasteiger partial charge is 0.385 e. The van der Waals surface area contributed by atoms with E-state index >= 15 is 0 Å². The maximum atomic E-state index is 13.8. The van der Waals surface area contributed by atoms with E-state index in [1.54, 1.807) is 43.5 Å². The molecule has 0 N–H and O–H groups in total. The van der Waals surface area contributed by atoms with Crippen LogP contribution in [0, 0.1) is 0 Å². The molecule has 5 rings (SSSR count). The first-order valence-electron chi connectivity index (χ1n) is 13.0. The van der Waals surface area contributed by atoms with Crippen molar-refractivity contribution in [2.45, 2.75) is 18.7 Å². The molecular weight excluding hydrogens is 577 g/mol. The first-order valence-corrected chi connectivity index (χ1v) is 16.1. The first-order chi connectivity index (χ1) is 19.9. The van der Waals surface area contributed by atoms with Crippen molar-refractivity contribution in [3.8, 4) is 11.1 Å². The van der Waals surface area contributed by atoms with E-state index in [0.717, 1.165) is 27.0 Å². The maximum Gasteiger partial charge on any atom is 0.268 e. The molecule has 4 aromatic carbocycles. The number of aromatic nitrogens is 1. The van der Waals surface area contributed by atoms with Gasteiger partial charge in [-0.05, 0) is 61.4 Å². The summed E-state index contributed by atoms with van der Waals surface area (Å²) in [5.74, 6) is 0. The summed E-state index contributed by atoms with van der Waals surface area (Å²) in [6, 6.07) is 30.9. The molecular formula is C32H31ClNO5PS. The van der Waals surface area contributed by atoms with Crippen LogP contribution in [0.25, 0.3) is 22.0 Å². The van der Waals surface area contributed by atoms with Crippen molar-refractivity contribution in [3.63, 3.8) is 0 Å². The van der Waals surface area contributed by atoms with E-state index in [0.29, 0.717) is 34.1 Å². The third-order valence-corrected chi connectivity index (χ3v) is 10.3. The van der Waals surface area contributed by atoms with Crippen molar-refractivity contribution < 1.29 is 22.5 Å². The highest BCUT2D eigenvalue weighted by Gasteiger charge is 2.32. The molecule has 0 saturated heterocycles. The van der Waals surface area contributed by atoms with E-state index in [1.165, 1.54) is 12.1 Å². The number of fused-ring (bicyclic) bond motifs is 1. The Balaban J connectivity index is 0.000000909. The molecule has 1 unspecified atom stereocenters. The van der Waals surface area contributed by atoms with Crippen LogP contribution in [0.2, 0.25) is 5.02 Å². The van der Waals surface area contributed by atoms with Gasteiger partial charge in [-0.1, -0.05) is 78.3 Å². The van der Waals surface area contributed by atoms with Gasteiger partial charge < -0.3 is 9.26 Å². The van der Waals surface area contributed by atoms with Gasteiger partial charge in [-0.2, -0.15) is 0 Å². The van der Waals surface area contributed by atoms with Crippen molar-refractivity contribution >= 4 is 57.6 Å². The zero-order valence-electron chi connectivity index (χ0n) is 23.0. The van der Waals surface area contributed by atoms with E-state index in [2.05, 4.69) is 4.74 Å². The predicted octanol–water partition coefficient (Wildman–Crippen LogP) is 7.05. The molecule has 212 valence electrons. The van der Waals surface area contributed by atoms with Crippen LogP contribution in [-0.2, 0) is 19.3 Å². The summed E-state index contributed by atoms with van der Waals surface area (Å²) in [6.45, 7) is 5.03. The molecule has 0 spiro atoms. The zero-order valence-corrected chi connectivity index (χ0v) is 25.5. The number of methoxy groups -OCH3 is 1. The second kappa shape index (κ2) is 14.0. The van der Waals surface area contributed by atoms with Gasteiger partial charge in [-0.3, -0.25) is 4.79 Å². The number of nitrogens with zero attached hydrogens (tertiary/aromatic N) is 1. The Morgan fingerprint density at radius 1 is 0.829 bits per heavy atom. The minimum Gasteiger partial charge on any atom is -0.385 e. The number of hydrogen-bond donors (Lipinski definition) is 0. The van der Waals surface area contributed by atoms with Gasteiger partial charge in [0, 0.05) is 41.3 Å². The smallest absolute Gasteiger partial charge is 0.268 e. The lowest BCUT2D eigenvalue weighted by Crippen LogP contribution is -2.21. The van der Waals surface area contributed by atoms with Crippen LogP contribution in [0.4, 0.5) is 0 Å². The number of halogens is 1. The van der Waals surface area contributed by atoms with Crippen molar-refractivity contribution in [2.24, 2.45) is 0 Å². The van der Waals surface area contributed by atoms with Gasteiger partial charge in [0.15, 0.2) is 6.29 Å². The molecule has 0 aliphatic rings. The first kappa shape index (κ1) is 30.6. The third-order valence-electron chi connectivity index (χ3n) is 6.22. The quantitative estimate of drug-likeness (QED) is 0.133. The van der Waals surface area contributed by atoms with E-state index in [9.17, 15) is 13.2 Å². The van der Waals surface area contributed by atoms with E-state index in [4.69, 9.17) is 16.1 Å². The molecule has 41 heavy (non-hydrogen) atoms. The Hall–Kier alpha value is -3.32. The van der Waals surface area contributed by atoms with Crippen molar-refractivity contribution in [3.05, 3.63) is 114 Å². The predicted molar refractivity (Wildman–Crippen MR) is 169 cm³/mol. The van der Waals surface area contributed by atoms with Crippen LogP contribution >= 0.6 is 19.7 Å². The molecule has 0 saturated carbocycles. The number of rotatable bonds is 9. The molecule has 9 heteroatoms. The van der Waals surface area contributed by atoms with Crippen molar-refractivity contribution in [1.82, 2.24) is 3.97 Å². The number of carbonyl (C=O) groups is 1. The van der Waals surface area contributed by atoms with E-state index in [1.807, 2.05) is 68.4 Å². The second-order valence-corrected chi connectivity index (χ2v) is 12.8.